The zero-order valence-corrected chi connectivity index (χ0v) is 25.4. The standard InChI is InChI=1S/C37H38N6O/c1-27-8-14-31(15-9-27)33(19-23-42-21-3-4-22-42)34-7-5-6-32(41-34)16-17-37(44)39-24-29-10-12-30(13-11-29)26-43-28(2)40-35-25-38-20-18-36(35)43/h5-20,25H,3-4,21-24,26H2,1-2H3,(H,39,44). The molecule has 222 valence electrons. The molecule has 5 aromatic rings. The third-order valence-corrected chi connectivity index (χ3v) is 8.14. The van der Waals surface area contributed by atoms with E-state index >= 15 is 0 Å². The number of aromatic nitrogens is 4. The zero-order valence-electron chi connectivity index (χ0n) is 25.4. The Hall–Kier alpha value is -4.88. The lowest BCUT2D eigenvalue weighted by atomic mass is 10.00. The van der Waals surface area contributed by atoms with Crippen molar-refractivity contribution in [3.63, 3.8) is 0 Å². The summed E-state index contributed by atoms with van der Waals surface area (Å²) in [7, 11) is 0. The molecule has 44 heavy (non-hydrogen) atoms. The first kappa shape index (κ1) is 29.2. The molecule has 1 saturated heterocycles. The number of aryl methyl sites for hydroxylation is 2. The minimum atomic E-state index is -0.154. The van der Waals surface area contributed by atoms with Crippen molar-refractivity contribution >= 4 is 28.6 Å². The number of imidazole rings is 1. The maximum absolute atomic E-state index is 12.7. The molecule has 2 aromatic carbocycles. The minimum Gasteiger partial charge on any atom is -0.348 e. The second-order valence-corrected chi connectivity index (χ2v) is 11.4. The fourth-order valence-corrected chi connectivity index (χ4v) is 5.64. The van der Waals surface area contributed by atoms with E-state index in [9.17, 15) is 4.79 Å². The lowest BCUT2D eigenvalue weighted by molar-refractivity contribution is -0.116. The number of amides is 1. The smallest absolute Gasteiger partial charge is 0.244 e. The number of hydrogen-bond acceptors (Lipinski definition) is 5. The first-order valence-corrected chi connectivity index (χ1v) is 15.3. The van der Waals surface area contributed by atoms with Gasteiger partial charge in [0.05, 0.1) is 23.1 Å². The molecular formula is C37H38N6O. The molecule has 7 nitrogen and oxygen atoms in total. The number of likely N-dealkylation sites (tertiary alicyclic amines) is 1. The molecule has 0 aliphatic carbocycles. The average Bonchev–Trinajstić information content (AvgIpc) is 3.68. The second-order valence-electron chi connectivity index (χ2n) is 11.4. The van der Waals surface area contributed by atoms with E-state index in [4.69, 9.17) is 4.98 Å². The fourth-order valence-electron chi connectivity index (χ4n) is 5.64. The van der Waals surface area contributed by atoms with Gasteiger partial charge in [0.15, 0.2) is 0 Å². The van der Waals surface area contributed by atoms with Crippen molar-refractivity contribution in [1.29, 1.82) is 0 Å². The number of pyridine rings is 2. The van der Waals surface area contributed by atoms with Crippen LogP contribution in [0.25, 0.3) is 22.7 Å². The third kappa shape index (κ3) is 7.18. The Morgan fingerprint density at radius 1 is 0.909 bits per heavy atom. The second kappa shape index (κ2) is 13.6. The number of nitrogens with zero attached hydrogens (tertiary/aromatic N) is 5. The Labute approximate surface area is 259 Å². The summed E-state index contributed by atoms with van der Waals surface area (Å²) >= 11 is 0. The summed E-state index contributed by atoms with van der Waals surface area (Å²) < 4.78 is 2.19. The van der Waals surface area contributed by atoms with Crippen molar-refractivity contribution in [2.45, 2.75) is 39.8 Å². The van der Waals surface area contributed by atoms with Gasteiger partial charge in [0.1, 0.15) is 11.3 Å². The molecule has 1 N–H and O–H groups in total. The van der Waals surface area contributed by atoms with E-state index in [0.717, 1.165) is 71.1 Å². The quantitative estimate of drug-likeness (QED) is 0.194. The van der Waals surface area contributed by atoms with Gasteiger partial charge in [-0.25, -0.2) is 9.97 Å². The SMILES string of the molecule is Cc1ccc(C(=CCN2CCCC2)c2cccc(C=CC(=O)NCc3ccc(Cn4c(C)nc5cnccc54)cc3)n2)cc1. The molecule has 1 aliphatic rings. The molecule has 1 aliphatic heterocycles. The van der Waals surface area contributed by atoms with Crippen LogP contribution in [0.2, 0.25) is 0 Å². The summed E-state index contributed by atoms with van der Waals surface area (Å²) in [6.07, 6.45) is 11.7. The van der Waals surface area contributed by atoms with Gasteiger partial charge in [0.25, 0.3) is 0 Å². The molecule has 0 atom stereocenters. The van der Waals surface area contributed by atoms with Crippen molar-refractivity contribution in [3.8, 4) is 0 Å². The van der Waals surface area contributed by atoms with Gasteiger partial charge in [-0.3, -0.25) is 14.7 Å². The van der Waals surface area contributed by atoms with Gasteiger partial charge in [0.2, 0.25) is 5.91 Å². The van der Waals surface area contributed by atoms with Crippen LogP contribution in [0.4, 0.5) is 0 Å². The van der Waals surface area contributed by atoms with E-state index in [0.29, 0.717) is 6.54 Å². The highest BCUT2D eigenvalue weighted by Crippen LogP contribution is 2.24. The van der Waals surface area contributed by atoms with Gasteiger partial charge in [-0.1, -0.05) is 66.2 Å². The molecule has 0 bridgehead atoms. The van der Waals surface area contributed by atoms with Crippen LogP contribution in [0, 0.1) is 13.8 Å². The monoisotopic (exact) mass is 582 g/mol. The van der Waals surface area contributed by atoms with E-state index in [-0.39, 0.29) is 5.91 Å². The Morgan fingerprint density at radius 2 is 1.68 bits per heavy atom. The van der Waals surface area contributed by atoms with Crippen LogP contribution in [0.15, 0.2) is 97.3 Å². The minimum absolute atomic E-state index is 0.154. The Balaban J connectivity index is 1.08. The Morgan fingerprint density at radius 3 is 2.48 bits per heavy atom. The van der Waals surface area contributed by atoms with Crippen LogP contribution in [-0.2, 0) is 17.9 Å². The summed E-state index contributed by atoms with van der Waals surface area (Å²) in [6, 6.07) is 24.9. The predicted octanol–water partition coefficient (Wildman–Crippen LogP) is 6.35. The first-order chi connectivity index (χ1) is 21.5. The molecule has 0 saturated carbocycles. The average molecular weight is 583 g/mol. The molecule has 0 spiro atoms. The van der Waals surface area contributed by atoms with Crippen molar-refractivity contribution in [2.75, 3.05) is 19.6 Å². The van der Waals surface area contributed by atoms with Gasteiger partial charge in [-0.15, -0.1) is 0 Å². The van der Waals surface area contributed by atoms with E-state index < -0.39 is 0 Å². The highest BCUT2D eigenvalue weighted by Gasteiger charge is 2.13. The number of carbonyl (C=O) groups excluding carboxylic acids is 1. The van der Waals surface area contributed by atoms with Gasteiger partial charge < -0.3 is 9.88 Å². The summed E-state index contributed by atoms with van der Waals surface area (Å²) in [5, 5.41) is 3.00. The lowest BCUT2D eigenvalue weighted by Gasteiger charge is -2.14. The van der Waals surface area contributed by atoms with Crippen LogP contribution in [-0.4, -0.2) is 50.0 Å². The van der Waals surface area contributed by atoms with Crippen LogP contribution >= 0.6 is 0 Å². The summed E-state index contributed by atoms with van der Waals surface area (Å²) in [4.78, 5) is 28.9. The molecule has 3 aromatic heterocycles. The van der Waals surface area contributed by atoms with Crippen LogP contribution in [0.1, 0.15) is 52.3 Å². The number of hydrogen-bond donors (Lipinski definition) is 1. The molecule has 4 heterocycles. The van der Waals surface area contributed by atoms with Crippen LogP contribution < -0.4 is 5.32 Å². The maximum atomic E-state index is 12.7. The highest BCUT2D eigenvalue weighted by molar-refractivity contribution is 5.91. The predicted molar refractivity (Wildman–Crippen MR) is 177 cm³/mol. The largest absolute Gasteiger partial charge is 0.348 e. The molecule has 7 heteroatoms. The summed E-state index contributed by atoms with van der Waals surface area (Å²) in [5.74, 6) is 0.805. The molecule has 0 radical (unpaired) electrons. The van der Waals surface area contributed by atoms with Crippen molar-refractivity contribution in [1.82, 2.24) is 29.7 Å². The number of benzene rings is 2. The van der Waals surface area contributed by atoms with Crippen LogP contribution in [0.5, 0.6) is 0 Å². The Bertz CT molecular complexity index is 1790. The third-order valence-electron chi connectivity index (χ3n) is 8.14. The van der Waals surface area contributed by atoms with Gasteiger partial charge in [-0.2, -0.15) is 0 Å². The summed E-state index contributed by atoms with van der Waals surface area (Å²) in [6.45, 7) is 8.50. The number of carbonyl (C=O) groups is 1. The molecule has 1 fully saturated rings. The molecule has 0 unspecified atom stereocenters. The maximum Gasteiger partial charge on any atom is 0.244 e. The highest BCUT2D eigenvalue weighted by atomic mass is 16.1. The van der Waals surface area contributed by atoms with E-state index in [2.05, 4.69) is 86.3 Å². The van der Waals surface area contributed by atoms with E-state index in [1.54, 1.807) is 24.5 Å². The first-order valence-electron chi connectivity index (χ1n) is 15.3. The molecular weight excluding hydrogens is 544 g/mol. The van der Waals surface area contributed by atoms with Gasteiger partial charge >= 0.3 is 0 Å². The van der Waals surface area contributed by atoms with Gasteiger partial charge in [0, 0.05) is 37.5 Å². The van der Waals surface area contributed by atoms with Crippen molar-refractivity contribution in [3.05, 3.63) is 137 Å². The summed E-state index contributed by atoms with van der Waals surface area (Å²) in [5.41, 5.74) is 9.35. The lowest BCUT2D eigenvalue weighted by Crippen LogP contribution is -2.20. The van der Waals surface area contributed by atoms with Crippen LogP contribution in [0.3, 0.4) is 0 Å². The zero-order chi connectivity index (χ0) is 30.3. The van der Waals surface area contributed by atoms with Crippen molar-refractivity contribution < 1.29 is 4.79 Å². The molecule has 6 rings (SSSR count). The number of rotatable bonds is 10. The van der Waals surface area contributed by atoms with Crippen molar-refractivity contribution in [2.24, 2.45) is 0 Å². The fraction of sp³-hybridized carbons (Fsp3) is 0.243. The molecule has 1 amide bonds. The van der Waals surface area contributed by atoms with Gasteiger partial charge in [-0.05, 0) is 80.7 Å². The number of nitrogens with one attached hydrogen (secondary N) is 1. The van der Waals surface area contributed by atoms with E-state index in [1.807, 2.05) is 31.2 Å². The Kier molecular flexibility index (Phi) is 9.03. The number of fused-ring (bicyclic) bond motifs is 1. The topological polar surface area (TPSA) is 75.9 Å². The normalized spacial score (nSPS) is 14.1. The van der Waals surface area contributed by atoms with E-state index in [1.165, 1.54) is 24.0 Å².